The molecule has 2 aliphatic rings. The highest BCUT2D eigenvalue weighted by atomic mass is 16.5. The van der Waals surface area contributed by atoms with E-state index in [2.05, 4.69) is 5.32 Å². The van der Waals surface area contributed by atoms with Gasteiger partial charge in [-0.05, 0) is 44.2 Å². The molecule has 0 spiro atoms. The first-order valence-electron chi connectivity index (χ1n) is 6.78. The molecule has 0 aromatic rings. The van der Waals surface area contributed by atoms with Crippen molar-refractivity contribution in [2.24, 2.45) is 11.8 Å². The average Bonchev–Trinajstić information content (AvgIpc) is 3.01. The molecule has 1 aliphatic carbocycles. The number of ether oxygens (including phenoxy) is 1. The van der Waals surface area contributed by atoms with E-state index in [1.165, 1.54) is 12.8 Å². The van der Waals surface area contributed by atoms with Crippen LogP contribution in [0.4, 0.5) is 0 Å². The highest BCUT2D eigenvalue weighted by Gasteiger charge is 2.22. The minimum atomic E-state index is 0.258. The molecule has 4 nitrogen and oxygen atoms in total. The maximum atomic E-state index is 11.9. The molecule has 1 heterocycles. The van der Waals surface area contributed by atoms with Crippen LogP contribution in [0, 0.1) is 11.8 Å². The monoisotopic (exact) mass is 240 g/mol. The molecule has 1 amide bonds. The SMILES string of the molecule is CN(CCOCC1CC1)C(=O)CC1CCNC1. The van der Waals surface area contributed by atoms with Crippen LogP contribution in [-0.4, -0.2) is 50.7 Å². The molecule has 1 N–H and O–H groups in total. The zero-order chi connectivity index (χ0) is 12.1. The first-order chi connectivity index (χ1) is 8.25. The zero-order valence-electron chi connectivity index (χ0n) is 10.8. The van der Waals surface area contributed by atoms with E-state index in [1.807, 2.05) is 11.9 Å². The lowest BCUT2D eigenvalue weighted by Gasteiger charge is -2.19. The van der Waals surface area contributed by atoms with Crippen LogP contribution in [0.15, 0.2) is 0 Å². The summed E-state index contributed by atoms with van der Waals surface area (Å²) >= 11 is 0. The smallest absolute Gasteiger partial charge is 0.222 e. The van der Waals surface area contributed by atoms with Gasteiger partial charge in [-0.25, -0.2) is 0 Å². The molecular weight excluding hydrogens is 216 g/mol. The quantitative estimate of drug-likeness (QED) is 0.671. The third-order valence-corrected chi connectivity index (χ3v) is 3.67. The number of nitrogens with one attached hydrogen (secondary N) is 1. The Balaban J connectivity index is 1.53. The van der Waals surface area contributed by atoms with Crippen molar-refractivity contribution >= 4 is 5.91 Å². The molecule has 1 atom stereocenters. The van der Waals surface area contributed by atoms with Crippen LogP contribution < -0.4 is 5.32 Å². The number of amides is 1. The molecule has 1 aliphatic heterocycles. The van der Waals surface area contributed by atoms with E-state index in [1.54, 1.807) is 0 Å². The molecule has 0 radical (unpaired) electrons. The number of likely N-dealkylation sites (N-methyl/N-ethyl adjacent to an activating group) is 1. The van der Waals surface area contributed by atoms with Crippen molar-refractivity contribution in [3.05, 3.63) is 0 Å². The van der Waals surface area contributed by atoms with Gasteiger partial charge in [-0.15, -0.1) is 0 Å². The Labute approximate surface area is 104 Å². The van der Waals surface area contributed by atoms with Crippen molar-refractivity contribution in [1.29, 1.82) is 0 Å². The van der Waals surface area contributed by atoms with Crippen LogP contribution in [0.25, 0.3) is 0 Å². The second kappa shape index (κ2) is 6.36. The van der Waals surface area contributed by atoms with Crippen molar-refractivity contribution in [2.45, 2.75) is 25.7 Å². The summed E-state index contributed by atoms with van der Waals surface area (Å²) in [4.78, 5) is 13.7. The fraction of sp³-hybridized carbons (Fsp3) is 0.923. The lowest BCUT2D eigenvalue weighted by Crippen LogP contribution is -2.32. The van der Waals surface area contributed by atoms with Crippen molar-refractivity contribution in [2.75, 3.05) is 39.9 Å². The van der Waals surface area contributed by atoms with Crippen molar-refractivity contribution < 1.29 is 9.53 Å². The molecule has 1 saturated heterocycles. The van der Waals surface area contributed by atoms with E-state index in [-0.39, 0.29) is 5.91 Å². The Hall–Kier alpha value is -0.610. The third kappa shape index (κ3) is 4.64. The van der Waals surface area contributed by atoms with E-state index in [4.69, 9.17) is 4.74 Å². The molecule has 2 rings (SSSR count). The number of nitrogens with zero attached hydrogens (tertiary/aromatic N) is 1. The van der Waals surface area contributed by atoms with Gasteiger partial charge < -0.3 is 15.0 Å². The summed E-state index contributed by atoms with van der Waals surface area (Å²) in [6, 6.07) is 0. The molecule has 0 bridgehead atoms. The molecule has 0 aromatic heterocycles. The maximum Gasteiger partial charge on any atom is 0.222 e. The van der Waals surface area contributed by atoms with E-state index in [9.17, 15) is 4.79 Å². The van der Waals surface area contributed by atoms with Gasteiger partial charge in [0.1, 0.15) is 0 Å². The number of carbonyl (C=O) groups is 1. The van der Waals surface area contributed by atoms with Crippen LogP contribution in [0.3, 0.4) is 0 Å². The molecule has 4 heteroatoms. The normalized spacial score (nSPS) is 23.9. The predicted octanol–water partition coefficient (Wildman–Crippen LogP) is 0.871. The van der Waals surface area contributed by atoms with Gasteiger partial charge in [0.15, 0.2) is 0 Å². The van der Waals surface area contributed by atoms with E-state index < -0.39 is 0 Å². The number of carbonyl (C=O) groups excluding carboxylic acids is 1. The highest BCUT2D eigenvalue weighted by Crippen LogP contribution is 2.28. The van der Waals surface area contributed by atoms with Crippen molar-refractivity contribution in [1.82, 2.24) is 10.2 Å². The Morgan fingerprint density at radius 1 is 1.35 bits per heavy atom. The van der Waals surface area contributed by atoms with Gasteiger partial charge in [-0.3, -0.25) is 4.79 Å². The number of hydrogen-bond acceptors (Lipinski definition) is 3. The Kier molecular flexibility index (Phi) is 4.80. The Bertz CT molecular complexity index is 248. The first kappa shape index (κ1) is 12.8. The van der Waals surface area contributed by atoms with Crippen molar-refractivity contribution in [3.8, 4) is 0 Å². The summed E-state index contributed by atoms with van der Waals surface area (Å²) in [5.74, 6) is 1.60. The van der Waals surface area contributed by atoms with Gasteiger partial charge >= 0.3 is 0 Å². The molecule has 0 aromatic carbocycles. The van der Waals surface area contributed by atoms with Crippen molar-refractivity contribution in [3.63, 3.8) is 0 Å². The summed E-state index contributed by atoms with van der Waals surface area (Å²) < 4.78 is 5.54. The molecule has 1 unspecified atom stereocenters. The fourth-order valence-electron chi connectivity index (χ4n) is 2.15. The van der Waals surface area contributed by atoms with Gasteiger partial charge in [0.25, 0.3) is 0 Å². The standard InChI is InChI=1S/C13H24N2O2/c1-15(6-7-17-10-11-2-3-11)13(16)8-12-4-5-14-9-12/h11-12,14H,2-10H2,1H3. The molecule has 98 valence electrons. The Morgan fingerprint density at radius 3 is 2.82 bits per heavy atom. The minimum Gasteiger partial charge on any atom is -0.379 e. The van der Waals surface area contributed by atoms with E-state index >= 15 is 0 Å². The molecule has 1 saturated carbocycles. The lowest BCUT2D eigenvalue weighted by atomic mass is 10.0. The summed E-state index contributed by atoms with van der Waals surface area (Å²) in [6.45, 7) is 4.35. The molecular formula is C13H24N2O2. The summed E-state index contributed by atoms with van der Waals surface area (Å²) in [6.07, 6.45) is 4.47. The van der Waals surface area contributed by atoms with Gasteiger partial charge in [-0.1, -0.05) is 0 Å². The van der Waals surface area contributed by atoms with Crippen LogP contribution in [0.5, 0.6) is 0 Å². The van der Waals surface area contributed by atoms with Gasteiger partial charge in [0.05, 0.1) is 6.61 Å². The second-order valence-corrected chi connectivity index (χ2v) is 5.40. The second-order valence-electron chi connectivity index (χ2n) is 5.40. The predicted molar refractivity (Wildman–Crippen MR) is 66.8 cm³/mol. The molecule has 17 heavy (non-hydrogen) atoms. The third-order valence-electron chi connectivity index (χ3n) is 3.67. The maximum absolute atomic E-state index is 11.9. The van der Waals surface area contributed by atoms with Gasteiger partial charge in [0.2, 0.25) is 5.91 Å². The largest absolute Gasteiger partial charge is 0.379 e. The zero-order valence-corrected chi connectivity index (χ0v) is 10.8. The van der Waals surface area contributed by atoms with Gasteiger partial charge in [0, 0.05) is 26.6 Å². The minimum absolute atomic E-state index is 0.258. The van der Waals surface area contributed by atoms with Crippen LogP contribution in [0.2, 0.25) is 0 Å². The highest BCUT2D eigenvalue weighted by molar-refractivity contribution is 5.76. The summed E-state index contributed by atoms with van der Waals surface area (Å²) in [5, 5.41) is 3.29. The first-order valence-corrected chi connectivity index (χ1v) is 6.78. The fourth-order valence-corrected chi connectivity index (χ4v) is 2.15. The van der Waals surface area contributed by atoms with Gasteiger partial charge in [-0.2, -0.15) is 0 Å². The van der Waals surface area contributed by atoms with E-state index in [0.717, 1.165) is 38.6 Å². The Morgan fingerprint density at radius 2 is 2.18 bits per heavy atom. The van der Waals surface area contributed by atoms with E-state index in [0.29, 0.717) is 18.9 Å². The molecule has 2 fully saturated rings. The van der Waals surface area contributed by atoms with Crippen LogP contribution >= 0.6 is 0 Å². The number of hydrogen-bond donors (Lipinski definition) is 1. The lowest BCUT2D eigenvalue weighted by molar-refractivity contribution is -0.131. The topological polar surface area (TPSA) is 41.6 Å². The average molecular weight is 240 g/mol. The summed E-state index contributed by atoms with van der Waals surface area (Å²) in [7, 11) is 1.88. The van der Waals surface area contributed by atoms with Crippen LogP contribution in [0.1, 0.15) is 25.7 Å². The number of rotatable bonds is 7. The summed E-state index contributed by atoms with van der Waals surface area (Å²) in [5.41, 5.74) is 0. The van der Waals surface area contributed by atoms with Crippen LogP contribution in [-0.2, 0) is 9.53 Å².